The topological polar surface area (TPSA) is 79.5 Å². The number of carboxylic acids is 1. The van der Waals surface area contributed by atoms with E-state index in [1.165, 1.54) is 6.07 Å². The minimum Gasteiger partial charge on any atom is -0.478 e. The molecule has 104 valence electrons. The number of nitrogens with two attached hydrogens (primary N) is 1. The molecule has 0 aliphatic rings. The molecule has 3 N–H and O–H groups in total. The van der Waals surface area contributed by atoms with Crippen LogP contribution in [0, 0.1) is 0 Å². The van der Waals surface area contributed by atoms with Crippen LogP contribution in [-0.2, 0) is 6.42 Å². The first-order valence-corrected chi connectivity index (χ1v) is 6.32. The third-order valence-electron chi connectivity index (χ3n) is 3.09. The first-order valence-electron chi connectivity index (χ1n) is 6.32. The molecule has 0 bridgehead atoms. The highest BCUT2D eigenvalue weighted by atomic mass is 16.4. The van der Waals surface area contributed by atoms with Gasteiger partial charge >= 0.3 is 5.97 Å². The van der Waals surface area contributed by atoms with E-state index in [-0.39, 0.29) is 5.56 Å². The fourth-order valence-electron chi connectivity index (χ4n) is 1.99. The molecule has 0 radical (unpaired) electrons. The van der Waals surface area contributed by atoms with Gasteiger partial charge in [0.2, 0.25) is 0 Å². The Bertz CT molecular complexity index is 599. The number of benzene rings is 1. The normalized spacial score (nSPS) is 10.2. The Morgan fingerprint density at radius 1 is 1.35 bits per heavy atom. The zero-order valence-electron chi connectivity index (χ0n) is 11.3. The molecule has 2 rings (SSSR count). The van der Waals surface area contributed by atoms with E-state index in [9.17, 15) is 9.90 Å². The number of hydrogen-bond donors (Lipinski definition) is 2. The van der Waals surface area contributed by atoms with E-state index in [4.69, 9.17) is 5.73 Å². The average molecular weight is 271 g/mol. The lowest BCUT2D eigenvalue weighted by molar-refractivity contribution is 0.0697. The molecule has 5 nitrogen and oxygen atoms in total. The smallest absolute Gasteiger partial charge is 0.337 e. The number of nitrogens with zero attached hydrogens (tertiary/aromatic N) is 2. The number of likely N-dealkylation sites (N-methyl/N-ethyl adjacent to an activating group) is 1. The largest absolute Gasteiger partial charge is 0.478 e. The van der Waals surface area contributed by atoms with Crippen molar-refractivity contribution in [1.82, 2.24) is 4.98 Å². The highest BCUT2D eigenvalue weighted by Gasteiger charge is 2.13. The Labute approximate surface area is 117 Å². The third-order valence-corrected chi connectivity index (χ3v) is 3.09. The number of carboxylic acid groups (broad SMARTS) is 1. The quantitative estimate of drug-likeness (QED) is 0.813. The molecule has 0 spiro atoms. The summed E-state index contributed by atoms with van der Waals surface area (Å²) in [5.74, 6) is -0.954. The third kappa shape index (κ3) is 3.26. The van der Waals surface area contributed by atoms with Gasteiger partial charge in [0, 0.05) is 37.6 Å². The first kappa shape index (κ1) is 13.9. The van der Waals surface area contributed by atoms with E-state index in [2.05, 4.69) is 4.98 Å². The van der Waals surface area contributed by atoms with Crippen LogP contribution in [0.4, 0.5) is 11.4 Å². The second kappa shape index (κ2) is 6.06. The fourth-order valence-corrected chi connectivity index (χ4v) is 1.99. The molecule has 0 unspecified atom stereocenters. The number of aromatic nitrogens is 1. The van der Waals surface area contributed by atoms with Crippen LogP contribution < -0.4 is 10.6 Å². The summed E-state index contributed by atoms with van der Waals surface area (Å²) in [5.41, 5.74) is 8.14. The lowest BCUT2D eigenvalue weighted by atomic mass is 10.1. The summed E-state index contributed by atoms with van der Waals surface area (Å²) in [5, 5.41) is 9.21. The van der Waals surface area contributed by atoms with Gasteiger partial charge in [-0.15, -0.1) is 0 Å². The maximum atomic E-state index is 11.2. The van der Waals surface area contributed by atoms with Crippen molar-refractivity contribution >= 4 is 17.3 Å². The minimum absolute atomic E-state index is 0.253. The number of carbonyl (C=O) groups is 1. The number of anilines is 2. The van der Waals surface area contributed by atoms with Crippen molar-refractivity contribution in [2.24, 2.45) is 0 Å². The molecule has 0 amide bonds. The molecule has 5 heteroatoms. The number of aromatic carboxylic acids is 1. The van der Waals surface area contributed by atoms with E-state index < -0.39 is 5.97 Å². The average Bonchev–Trinajstić information content (AvgIpc) is 2.45. The van der Waals surface area contributed by atoms with Crippen molar-refractivity contribution in [3.8, 4) is 0 Å². The second-order valence-electron chi connectivity index (χ2n) is 4.57. The van der Waals surface area contributed by atoms with Crippen LogP contribution >= 0.6 is 0 Å². The monoisotopic (exact) mass is 271 g/mol. The summed E-state index contributed by atoms with van der Waals surface area (Å²) >= 11 is 0. The predicted octanol–water partition coefficient (Wildman–Crippen LogP) is 2.04. The maximum absolute atomic E-state index is 11.2. The van der Waals surface area contributed by atoms with Gasteiger partial charge in [-0.3, -0.25) is 4.98 Å². The Balaban J connectivity index is 2.14. The van der Waals surface area contributed by atoms with Gasteiger partial charge in [-0.1, -0.05) is 6.07 Å². The maximum Gasteiger partial charge on any atom is 0.337 e. The summed E-state index contributed by atoms with van der Waals surface area (Å²) in [7, 11) is 1.85. The molecule has 0 fully saturated rings. The first-order chi connectivity index (χ1) is 9.58. The van der Waals surface area contributed by atoms with Crippen molar-refractivity contribution in [1.29, 1.82) is 0 Å². The molecule has 0 aliphatic carbocycles. The van der Waals surface area contributed by atoms with Gasteiger partial charge in [0.15, 0.2) is 0 Å². The summed E-state index contributed by atoms with van der Waals surface area (Å²) in [6.45, 7) is 0.667. The highest BCUT2D eigenvalue weighted by Crippen LogP contribution is 2.23. The van der Waals surface area contributed by atoms with Crippen molar-refractivity contribution < 1.29 is 9.90 Å². The van der Waals surface area contributed by atoms with Gasteiger partial charge in [0.1, 0.15) is 0 Å². The molecular weight excluding hydrogens is 254 g/mol. The van der Waals surface area contributed by atoms with Gasteiger partial charge in [-0.25, -0.2) is 4.79 Å². The van der Waals surface area contributed by atoms with Gasteiger partial charge in [-0.05, 0) is 30.3 Å². The lowest BCUT2D eigenvalue weighted by Gasteiger charge is -2.21. The molecule has 0 saturated carbocycles. The zero-order chi connectivity index (χ0) is 14.5. The molecule has 1 aromatic carbocycles. The SMILES string of the molecule is CN(CCc1ccccn1)c1cc(N)ccc1C(=O)O. The summed E-state index contributed by atoms with van der Waals surface area (Å²) in [4.78, 5) is 17.4. The van der Waals surface area contributed by atoms with Gasteiger partial charge in [0.05, 0.1) is 11.3 Å². The number of hydrogen-bond acceptors (Lipinski definition) is 4. The van der Waals surface area contributed by atoms with E-state index in [1.807, 2.05) is 30.1 Å². The lowest BCUT2D eigenvalue weighted by Crippen LogP contribution is -2.23. The predicted molar refractivity (Wildman–Crippen MR) is 79.0 cm³/mol. The molecule has 20 heavy (non-hydrogen) atoms. The number of rotatable bonds is 5. The summed E-state index contributed by atoms with van der Waals surface area (Å²) in [6.07, 6.45) is 2.49. The van der Waals surface area contributed by atoms with E-state index in [0.717, 1.165) is 12.1 Å². The standard InChI is InChI=1S/C15H17N3O2/c1-18(9-7-12-4-2-3-8-17-12)14-10-11(16)5-6-13(14)15(19)20/h2-6,8,10H,7,9,16H2,1H3,(H,19,20). The van der Waals surface area contributed by atoms with E-state index >= 15 is 0 Å². The zero-order valence-corrected chi connectivity index (χ0v) is 11.3. The Morgan fingerprint density at radius 2 is 2.15 bits per heavy atom. The van der Waals surface area contributed by atoms with E-state index in [0.29, 0.717) is 17.9 Å². The van der Waals surface area contributed by atoms with Crippen LogP contribution in [0.3, 0.4) is 0 Å². The highest BCUT2D eigenvalue weighted by molar-refractivity contribution is 5.95. The molecular formula is C15H17N3O2. The Kier molecular flexibility index (Phi) is 4.20. The second-order valence-corrected chi connectivity index (χ2v) is 4.57. The molecule has 0 atom stereocenters. The fraction of sp³-hybridized carbons (Fsp3) is 0.200. The summed E-state index contributed by atoms with van der Waals surface area (Å²) < 4.78 is 0. The molecule has 0 aliphatic heterocycles. The van der Waals surface area contributed by atoms with Crippen molar-refractivity contribution in [3.05, 3.63) is 53.9 Å². The van der Waals surface area contributed by atoms with Crippen LogP contribution in [0.1, 0.15) is 16.1 Å². The van der Waals surface area contributed by atoms with Crippen LogP contribution in [0.2, 0.25) is 0 Å². The van der Waals surface area contributed by atoms with Crippen LogP contribution in [0.25, 0.3) is 0 Å². The van der Waals surface area contributed by atoms with Crippen molar-refractivity contribution in [2.75, 3.05) is 24.2 Å². The van der Waals surface area contributed by atoms with Crippen molar-refractivity contribution in [3.63, 3.8) is 0 Å². The Morgan fingerprint density at radius 3 is 2.80 bits per heavy atom. The molecule has 2 aromatic rings. The van der Waals surface area contributed by atoms with Crippen LogP contribution in [0.5, 0.6) is 0 Å². The number of pyridine rings is 1. The minimum atomic E-state index is -0.954. The Hall–Kier alpha value is -2.56. The van der Waals surface area contributed by atoms with E-state index in [1.54, 1.807) is 18.3 Å². The van der Waals surface area contributed by atoms with Crippen LogP contribution in [-0.4, -0.2) is 29.7 Å². The molecule has 1 heterocycles. The summed E-state index contributed by atoms with van der Waals surface area (Å²) in [6, 6.07) is 10.6. The van der Waals surface area contributed by atoms with Gasteiger partial charge in [0.25, 0.3) is 0 Å². The van der Waals surface area contributed by atoms with Crippen molar-refractivity contribution in [2.45, 2.75) is 6.42 Å². The van der Waals surface area contributed by atoms with Gasteiger partial charge in [-0.2, -0.15) is 0 Å². The van der Waals surface area contributed by atoms with Gasteiger partial charge < -0.3 is 15.7 Å². The molecule has 1 aromatic heterocycles. The number of nitrogen functional groups attached to an aromatic ring is 1. The molecule has 0 saturated heterocycles. The van der Waals surface area contributed by atoms with Crippen LogP contribution in [0.15, 0.2) is 42.6 Å².